The Hall–Kier alpha value is -1.08. The maximum absolute atomic E-state index is 4.38. The van der Waals surface area contributed by atoms with Crippen molar-refractivity contribution in [3.8, 4) is 0 Å². The van der Waals surface area contributed by atoms with E-state index in [9.17, 15) is 0 Å². The van der Waals surface area contributed by atoms with Gasteiger partial charge in [0.1, 0.15) is 0 Å². The van der Waals surface area contributed by atoms with E-state index in [1.54, 1.807) is 0 Å². The zero-order valence-electron chi connectivity index (χ0n) is 14.5. The van der Waals surface area contributed by atoms with Crippen LogP contribution in [0.2, 0.25) is 0 Å². The van der Waals surface area contributed by atoms with Crippen molar-refractivity contribution >= 4 is 41.3 Å². The molecule has 24 heavy (non-hydrogen) atoms. The minimum Gasteiger partial charge on any atom is -0.356 e. The van der Waals surface area contributed by atoms with Crippen molar-refractivity contribution < 1.29 is 0 Å². The first-order chi connectivity index (χ1) is 11.1. The fourth-order valence-corrected chi connectivity index (χ4v) is 3.70. The summed E-state index contributed by atoms with van der Waals surface area (Å²) in [5.41, 5.74) is 1.52. The topological polar surface area (TPSA) is 36.4 Å². The molecule has 3 nitrogen and oxygen atoms in total. The van der Waals surface area contributed by atoms with Gasteiger partial charge in [-0.15, -0.1) is 35.3 Å². The van der Waals surface area contributed by atoms with Crippen molar-refractivity contribution in [3.05, 3.63) is 58.3 Å². The molecule has 0 aliphatic heterocycles. The van der Waals surface area contributed by atoms with Gasteiger partial charge in [0.15, 0.2) is 5.96 Å². The standard InChI is InChI=1S/C19H25N3S.HI/c1-19(2,17-10-7-11-23-17)13-21-18(20-3)22-16-12-15(16)14-8-5-4-6-9-14;/h4-11,15-16H,12-13H2,1-3H3,(H2,20,21,22);1H. The SMILES string of the molecule is CN=C(NCC(C)(C)c1cccs1)NC1CC1c1ccccc1.I. The van der Waals surface area contributed by atoms with Crippen molar-refractivity contribution in [3.63, 3.8) is 0 Å². The number of rotatable bonds is 5. The second-order valence-electron chi connectivity index (χ2n) is 6.79. The second-order valence-corrected chi connectivity index (χ2v) is 7.74. The monoisotopic (exact) mass is 455 g/mol. The molecule has 0 amide bonds. The predicted molar refractivity (Wildman–Crippen MR) is 115 cm³/mol. The maximum atomic E-state index is 4.38. The highest BCUT2D eigenvalue weighted by molar-refractivity contribution is 14.0. The van der Waals surface area contributed by atoms with Crippen LogP contribution in [0, 0.1) is 0 Å². The van der Waals surface area contributed by atoms with Crippen molar-refractivity contribution in [2.45, 2.75) is 37.6 Å². The molecule has 2 N–H and O–H groups in total. The summed E-state index contributed by atoms with van der Waals surface area (Å²) in [7, 11) is 1.84. The molecule has 130 valence electrons. The van der Waals surface area contributed by atoms with Crippen molar-refractivity contribution in [2.75, 3.05) is 13.6 Å². The minimum atomic E-state index is 0. The Balaban J connectivity index is 0.00000208. The third-order valence-corrected chi connectivity index (χ3v) is 5.69. The van der Waals surface area contributed by atoms with Crippen LogP contribution in [-0.2, 0) is 5.41 Å². The van der Waals surface area contributed by atoms with E-state index >= 15 is 0 Å². The summed E-state index contributed by atoms with van der Waals surface area (Å²) >= 11 is 1.81. The van der Waals surface area contributed by atoms with E-state index in [0.717, 1.165) is 12.5 Å². The molecule has 0 radical (unpaired) electrons. The molecule has 1 fully saturated rings. The molecule has 2 aromatic rings. The van der Waals surface area contributed by atoms with E-state index < -0.39 is 0 Å². The van der Waals surface area contributed by atoms with Gasteiger partial charge in [0.05, 0.1) is 0 Å². The second kappa shape index (κ2) is 8.34. The highest BCUT2D eigenvalue weighted by atomic mass is 127. The van der Waals surface area contributed by atoms with Gasteiger partial charge in [0.25, 0.3) is 0 Å². The van der Waals surface area contributed by atoms with Gasteiger partial charge >= 0.3 is 0 Å². The van der Waals surface area contributed by atoms with E-state index in [-0.39, 0.29) is 29.4 Å². The molecule has 1 aliphatic carbocycles. The Bertz CT molecular complexity index is 653. The van der Waals surface area contributed by atoms with E-state index in [2.05, 4.69) is 77.3 Å². The smallest absolute Gasteiger partial charge is 0.191 e. The lowest BCUT2D eigenvalue weighted by molar-refractivity contribution is 0.518. The number of nitrogens with zero attached hydrogens (tertiary/aromatic N) is 1. The summed E-state index contributed by atoms with van der Waals surface area (Å²) in [6.07, 6.45) is 1.18. The molecule has 1 saturated carbocycles. The quantitative estimate of drug-likeness (QED) is 0.399. The van der Waals surface area contributed by atoms with Crippen LogP contribution in [0.25, 0.3) is 0 Å². The summed E-state index contributed by atoms with van der Waals surface area (Å²) < 4.78 is 0. The Labute approximate surface area is 166 Å². The maximum Gasteiger partial charge on any atom is 0.191 e. The van der Waals surface area contributed by atoms with Crippen LogP contribution in [0.15, 0.2) is 52.8 Å². The molecule has 0 saturated heterocycles. The van der Waals surface area contributed by atoms with Crippen LogP contribution in [-0.4, -0.2) is 25.6 Å². The molecular weight excluding hydrogens is 429 g/mol. The first-order valence-electron chi connectivity index (χ1n) is 8.16. The molecule has 0 bridgehead atoms. The van der Waals surface area contributed by atoms with Gasteiger partial charge in [-0.05, 0) is 23.4 Å². The fraction of sp³-hybridized carbons (Fsp3) is 0.421. The number of halogens is 1. The fourth-order valence-electron chi connectivity index (χ4n) is 2.85. The molecule has 5 heteroatoms. The molecule has 3 rings (SSSR count). The molecule has 2 unspecified atom stereocenters. The number of thiophene rings is 1. The molecule has 1 aromatic carbocycles. The van der Waals surface area contributed by atoms with Crippen LogP contribution in [0.4, 0.5) is 0 Å². The highest BCUT2D eigenvalue weighted by Crippen LogP contribution is 2.40. The molecule has 2 atom stereocenters. The summed E-state index contributed by atoms with van der Waals surface area (Å²) in [6, 6.07) is 15.5. The number of guanidine groups is 1. The lowest BCUT2D eigenvalue weighted by Crippen LogP contribution is -2.44. The van der Waals surface area contributed by atoms with Crippen molar-refractivity contribution in [1.29, 1.82) is 0 Å². The third-order valence-electron chi connectivity index (χ3n) is 4.45. The lowest BCUT2D eigenvalue weighted by Gasteiger charge is -2.25. The van der Waals surface area contributed by atoms with E-state index in [4.69, 9.17) is 0 Å². The van der Waals surface area contributed by atoms with Gasteiger partial charge in [-0.25, -0.2) is 0 Å². The van der Waals surface area contributed by atoms with Crippen LogP contribution in [0.3, 0.4) is 0 Å². The van der Waals surface area contributed by atoms with Crippen LogP contribution in [0.5, 0.6) is 0 Å². The Kier molecular flexibility index (Phi) is 6.69. The number of hydrogen-bond acceptors (Lipinski definition) is 2. The van der Waals surface area contributed by atoms with Gasteiger partial charge < -0.3 is 10.6 Å². The van der Waals surface area contributed by atoms with Crippen LogP contribution >= 0.6 is 35.3 Å². The zero-order valence-corrected chi connectivity index (χ0v) is 17.6. The molecular formula is C19H26IN3S. The summed E-state index contributed by atoms with van der Waals surface area (Å²) in [5, 5.41) is 9.17. The van der Waals surface area contributed by atoms with Crippen molar-refractivity contribution in [2.24, 2.45) is 4.99 Å². The molecule has 0 spiro atoms. The number of aliphatic imine (C=N–C) groups is 1. The Morgan fingerprint density at radius 1 is 1.21 bits per heavy atom. The van der Waals surface area contributed by atoms with Crippen LogP contribution in [0.1, 0.15) is 36.6 Å². The highest BCUT2D eigenvalue weighted by Gasteiger charge is 2.39. The normalized spacial score (nSPS) is 20.2. The Morgan fingerprint density at radius 2 is 1.96 bits per heavy atom. The van der Waals surface area contributed by atoms with Gasteiger partial charge in [-0.2, -0.15) is 0 Å². The lowest BCUT2D eigenvalue weighted by atomic mass is 9.91. The van der Waals surface area contributed by atoms with Crippen molar-refractivity contribution in [1.82, 2.24) is 10.6 Å². The van der Waals surface area contributed by atoms with E-state index in [1.807, 2.05) is 18.4 Å². The number of benzene rings is 1. The molecule has 1 aromatic heterocycles. The first-order valence-corrected chi connectivity index (χ1v) is 9.04. The van der Waals surface area contributed by atoms with Gasteiger partial charge in [0.2, 0.25) is 0 Å². The average Bonchev–Trinajstić information content (AvgIpc) is 3.09. The van der Waals surface area contributed by atoms with Gasteiger partial charge in [-0.3, -0.25) is 4.99 Å². The molecule has 1 aliphatic rings. The third kappa shape index (κ3) is 4.72. The first kappa shape index (κ1) is 19.2. The zero-order chi connectivity index (χ0) is 16.3. The van der Waals surface area contributed by atoms with E-state index in [0.29, 0.717) is 12.0 Å². The number of nitrogens with one attached hydrogen (secondary N) is 2. The summed E-state index contributed by atoms with van der Waals surface area (Å²) in [5.74, 6) is 1.51. The Morgan fingerprint density at radius 3 is 2.58 bits per heavy atom. The predicted octanol–water partition coefficient (Wildman–Crippen LogP) is 4.36. The summed E-state index contributed by atoms with van der Waals surface area (Å²) in [4.78, 5) is 5.78. The van der Waals surface area contributed by atoms with Crippen LogP contribution < -0.4 is 10.6 Å². The van der Waals surface area contributed by atoms with Gasteiger partial charge in [-0.1, -0.05) is 50.2 Å². The average molecular weight is 455 g/mol. The summed E-state index contributed by atoms with van der Waals surface area (Å²) in [6.45, 7) is 5.40. The van der Waals surface area contributed by atoms with Gasteiger partial charge in [0, 0.05) is 35.8 Å². The minimum absolute atomic E-state index is 0. The molecule has 1 heterocycles. The van der Waals surface area contributed by atoms with E-state index in [1.165, 1.54) is 16.9 Å². The largest absolute Gasteiger partial charge is 0.356 e. The number of hydrogen-bond donors (Lipinski definition) is 2.